The summed E-state index contributed by atoms with van der Waals surface area (Å²) in [7, 11) is 0. The molecule has 8 heteroatoms. The molecule has 2 N–H and O–H groups in total. The monoisotopic (exact) mass is 244 g/mol. The minimum Gasteiger partial charge on any atom is -0.379 e. The van der Waals surface area contributed by atoms with Crippen LogP contribution in [-0.2, 0) is 0 Å². The van der Waals surface area contributed by atoms with E-state index < -0.39 is 0 Å². The van der Waals surface area contributed by atoms with Gasteiger partial charge in [0, 0.05) is 6.20 Å². The summed E-state index contributed by atoms with van der Waals surface area (Å²) >= 11 is 0. The molecule has 3 aromatic rings. The van der Waals surface area contributed by atoms with Gasteiger partial charge in [-0.05, 0) is 28.9 Å². The third-order valence-corrected chi connectivity index (χ3v) is 2.36. The lowest BCUT2D eigenvalue weighted by molar-refractivity contribution is 0.308. The zero-order valence-corrected chi connectivity index (χ0v) is 9.36. The van der Waals surface area contributed by atoms with E-state index in [1.165, 1.54) is 0 Å². The summed E-state index contributed by atoms with van der Waals surface area (Å²) in [5, 5.41) is 10.9. The second-order valence-corrected chi connectivity index (χ2v) is 3.59. The predicted octanol–water partition coefficient (Wildman–Crippen LogP) is 1.07. The number of hydrogen-bond donors (Lipinski definition) is 1. The first kappa shape index (κ1) is 10.4. The van der Waals surface area contributed by atoms with Gasteiger partial charge in [-0.2, -0.15) is 4.98 Å². The van der Waals surface area contributed by atoms with Gasteiger partial charge >= 0.3 is 0 Å². The molecule has 0 bridgehead atoms. The van der Waals surface area contributed by atoms with Crippen molar-refractivity contribution in [3.63, 3.8) is 0 Å². The van der Waals surface area contributed by atoms with Gasteiger partial charge in [0.25, 0.3) is 5.89 Å². The maximum atomic E-state index is 5.54. The molecule has 18 heavy (non-hydrogen) atoms. The van der Waals surface area contributed by atoms with Crippen LogP contribution in [0.1, 0.15) is 5.56 Å². The van der Waals surface area contributed by atoms with Crippen molar-refractivity contribution in [3.05, 3.63) is 23.9 Å². The SMILES string of the molecule is Cc1cccnc1-c1noc(-c2nonc2N)n1. The molecule has 0 saturated heterocycles. The lowest BCUT2D eigenvalue weighted by Gasteiger charge is -1.96. The number of rotatable bonds is 2. The minimum atomic E-state index is 0.0999. The second-order valence-electron chi connectivity index (χ2n) is 3.59. The number of aromatic nitrogens is 5. The van der Waals surface area contributed by atoms with Crippen LogP contribution in [0.15, 0.2) is 27.5 Å². The van der Waals surface area contributed by atoms with Crippen molar-refractivity contribution in [3.8, 4) is 23.1 Å². The molecule has 0 aliphatic rings. The van der Waals surface area contributed by atoms with Gasteiger partial charge < -0.3 is 10.3 Å². The molecule has 0 saturated carbocycles. The summed E-state index contributed by atoms with van der Waals surface area (Å²) < 4.78 is 9.53. The van der Waals surface area contributed by atoms with E-state index in [1.54, 1.807) is 6.20 Å². The molecule has 0 aliphatic heterocycles. The number of nitrogens with two attached hydrogens (primary N) is 1. The first-order chi connectivity index (χ1) is 8.75. The highest BCUT2D eigenvalue weighted by molar-refractivity contribution is 5.63. The number of anilines is 1. The zero-order valence-electron chi connectivity index (χ0n) is 9.36. The molecule has 0 spiro atoms. The molecule has 0 radical (unpaired) electrons. The lowest BCUT2D eigenvalue weighted by atomic mass is 10.2. The van der Waals surface area contributed by atoms with Gasteiger partial charge in [0.1, 0.15) is 5.69 Å². The van der Waals surface area contributed by atoms with Crippen LogP contribution >= 0.6 is 0 Å². The van der Waals surface area contributed by atoms with Crippen molar-refractivity contribution >= 4 is 5.82 Å². The molecular weight excluding hydrogens is 236 g/mol. The zero-order chi connectivity index (χ0) is 12.5. The van der Waals surface area contributed by atoms with Crippen molar-refractivity contribution in [1.82, 2.24) is 25.4 Å². The summed E-state index contributed by atoms with van der Waals surface area (Å²) in [5.41, 5.74) is 7.35. The summed E-state index contributed by atoms with van der Waals surface area (Å²) in [6, 6.07) is 3.74. The highest BCUT2D eigenvalue weighted by Gasteiger charge is 2.18. The van der Waals surface area contributed by atoms with Crippen molar-refractivity contribution in [1.29, 1.82) is 0 Å². The van der Waals surface area contributed by atoms with Crippen molar-refractivity contribution in [2.75, 3.05) is 5.73 Å². The minimum absolute atomic E-state index is 0.0999. The van der Waals surface area contributed by atoms with Crippen molar-refractivity contribution in [2.45, 2.75) is 6.92 Å². The Balaban J connectivity index is 2.05. The van der Waals surface area contributed by atoms with Crippen molar-refractivity contribution in [2.24, 2.45) is 0 Å². The molecule has 8 nitrogen and oxygen atoms in total. The first-order valence-corrected chi connectivity index (χ1v) is 5.10. The van der Waals surface area contributed by atoms with Gasteiger partial charge in [-0.1, -0.05) is 11.2 Å². The number of nitrogen functional groups attached to an aromatic ring is 1. The van der Waals surface area contributed by atoms with E-state index in [1.807, 2.05) is 19.1 Å². The molecule has 0 aliphatic carbocycles. The Labute approximate surface area is 101 Å². The molecule has 0 unspecified atom stereocenters. The molecule has 3 aromatic heterocycles. The van der Waals surface area contributed by atoms with Gasteiger partial charge in [-0.15, -0.1) is 0 Å². The standard InChI is InChI=1S/C10H8N6O2/c1-5-3-2-4-12-6(5)9-13-10(17-16-9)7-8(11)15-18-14-7/h2-4H,1H3,(H2,11,15). The number of hydrogen-bond acceptors (Lipinski definition) is 8. The molecule has 0 fully saturated rings. The number of pyridine rings is 1. The van der Waals surface area contributed by atoms with Crippen molar-refractivity contribution < 1.29 is 9.15 Å². The first-order valence-electron chi connectivity index (χ1n) is 5.10. The molecule has 0 atom stereocenters. The second kappa shape index (κ2) is 3.91. The summed E-state index contributed by atoms with van der Waals surface area (Å²) in [5.74, 6) is 0.613. The molecule has 0 amide bonds. The van der Waals surface area contributed by atoms with Crippen LogP contribution in [0.2, 0.25) is 0 Å². The Morgan fingerprint density at radius 3 is 2.78 bits per heavy atom. The molecule has 90 valence electrons. The van der Waals surface area contributed by atoms with E-state index >= 15 is 0 Å². The normalized spacial score (nSPS) is 10.7. The van der Waals surface area contributed by atoms with Crippen LogP contribution in [-0.4, -0.2) is 25.4 Å². The van der Waals surface area contributed by atoms with E-state index in [0.717, 1.165) is 5.56 Å². The van der Waals surface area contributed by atoms with Crippen LogP contribution in [0.5, 0.6) is 0 Å². The van der Waals surface area contributed by atoms with Crippen LogP contribution < -0.4 is 5.73 Å². The van der Waals surface area contributed by atoms with E-state index in [0.29, 0.717) is 11.5 Å². The molecular formula is C10H8N6O2. The van der Waals surface area contributed by atoms with Gasteiger partial charge in [-0.25, -0.2) is 4.63 Å². The maximum Gasteiger partial charge on any atom is 0.284 e. The average molecular weight is 244 g/mol. The molecule has 0 aromatic carbocycles. The smallest absolute Gasteiger partial charge is 0.284 e. The Morgan fingerprint density at radius 2 is 2.06 bits per heavy atom. The van der Waals surface area contributed by atoms with E-state index in [4.69, 9.17) is 10.3 Å². The van der Waals surface area contributed by atoms with Crippen LogP contribution in [0.3, 0.4) is 0 Å². The fraction of sp³-hybridized carbons (Fsp3) is 0.100. The van der Waals surface area contributed by atoms with Gasteiger partial charge in [0.15, 0.2) is 0 Å². The Hall–Kier alpha value is -2.77. The predicted molar refractivity (Wildman–Crippen MR) is 60.0 cm³/mol. The van der Waals surface area contributed by atoms with Crippen LogP contribution in [0.25, 0.3) is 23.1 Å². The largest absolute Gasteiger partial charge is 0.379 e. The Kier molecular flexibility index (Phi) is 2.26. The van der Waals surface area contributed by atoms with Crippen LogP contribution in [0.4, 0.5) is 5.82 Å². The fourth-order valence-electron chi connectivity index (χ4n) is 1.48. The lowest BCUT2D eigenvalue weighted by Crippen LogP contribution is -1.90. The highest BCUT2D eigenvalue weighted by Crippen LogP contribution is 2.23. The van der Waals surface area contributed by atoms with E-state index in [2.05, 4.69) is 30.1 Å². The highest BCUT2D eigenvalue weighted by atomic mass is 16.6. The Morgan fingerprint density at radius 1 is 1.17 bits per heavy atom. The summed E-state index contributed by atoms with van der Waals surface area (Å²) in [4.78, 5) is 8.35. The van der Waals surface area contributed by atoms with E-state index in [-0.39, 0.29) is 17.4 Å². The average Bonchev–Trinajstić information content (AvgIpc) is 2.98. The number of aryl methyl sites for hydroxylation is 1. The third-order valence-electron chi connectivity index (χ3n) is 2.36. The summed E-state index contributed by atoms with van der Waals surface area (Å²) in [6.45, 7) is 1.91. The Bertz CT molecular complexity index is 689. The molecule has 3 heterocycles. The molecule has 3 rings (SSSR count). The van der Waals surface area contributed by atoms with E-state index in [9.17, 15) is 0 Å². The fourth-order valence-corrected chi connectivity index (χ4v) is 1.48. The maximum absolute atomic E-state index is 5.54. The van der Waals surface area contributed by atoms with Crippen LogP contribution in [0, 0.1) is 6.92 Å². The number of nitrogens with zero attached hydrogens (tertiary/aromatic N) is 5. The van der Waals surface area contributed by atoms with Gasteiger partial charge in [-0.3, -0.25) is 4.98 Å². The van der Waals surface area contributed by atoms with Gasteiger partial charge in [0.2, 0.25) is 17.3 Å². The topological polar surface area (TPSA) is 117 Å². The third kappa shape index (κ3) is 1.59. The summed E-state index contributed by atoms with van der Waals surface area (Å²) in [6.07, 6.45) is 1.66. The quantitative estimate of drug-likeness (QED) is 0.711. The van der Waals surface area contributed by atoms with Gasteiger partial charge in [0.05, 0.1) is 0 Å².